The van der Waals surface area contributed by atoms with Crippen LogP contribution in [-0.4, -0.2) is 13.7 Å². The van der Waals surface area contributed by atoms with E-state index in [0.717, 1.165) is 37.6 Å². The van der Waals surface area contributed by atoms with E-state index in [2.05, 4.69) is 60.8 Å². The standard InChI is InChI=1S/C25H31NO2/c1-3-4-5-8-17-28-25-16-13-21-9-6-7-10-23(21)24(25)19-26-18-20-11-14-22(27-2)15-12-20/h6-7,9-16,26H,3-5,8,17-19H2,1-2H3. The first-order valence-corrected chi connectivity index (χ1v) is 10.3. The van der Waals surface area contributed by atoms with Gasteiger partial charge in [-0.15, -0.1) is 0 Å². The molecule has 1 N–H and O–H groups in total. The average molecular weight is 378 g/mol. The number of rotatable bonds is 11. The van der Waals surface area contributed by atoms with E-state index in [4.69, 9.17) is 9.47 Å². The molecule has 0 spiro atoms. The lowest BCUT2D eigenvalue weighted by Crippen LogP contribution is -2.14. The van der Waals surface area contributed by atoms with Gasteiger partial charge < -0.3 is 14.8 Å². The molecule has 0 amide bonds. The highest BCUT2D eigenvalue weighted by molar-refractivity contribution is 5.87. The summed E-state index contributed by atoms with van der Waals surface area (Å²) in [5.41, 5.74) is 2.48. The number of unbranched alkanes of at least 4 members (excludes halogenated alkanes) is 3. The van der Waals surface area contributed by atoms with Gasteiger partial charge in [0, 0.05) is 18.7 Å². The van der Waals surface area contributed by atoms with E-state index in [1.54, 1.807) is 7.11 Å². The first-order chi connectivity index (χ1) is 13.8. The van der Waals surface area contributed by atoms with Crippen LogP contribution in [0.3, 0.4) is 0 Å². The van der Waals surface area contributed by atoms with E-state index in [9.17, 15) is 0 Å². The summed E-state index contributed by atoms with van der Waals surface area (Å²) in [4.78, 5) is 0. The topological polar surface area (TPSA) is 30.5 Å². The van der Waals surface area contributed by atoms with Crippen LogP contribution in [0.1, 0.15) is 43.7 Å². The second-order valence-electron chi connectivity index (χ2n) is 7.12. The Labute approximate surface area is 168 Å². The van der Waals surface area contributed by atoms with Gasteiger partial charge in [0.15, 0.2) is 0 Å². The van der Waals surface area contributed by atoms with Crippen molar-refractivity contribution in [2.75, 3.05) is 13.7 Å². The molecule has 0 aliphatic carbocycles. The van der Waals surface area contributed by atoms with Crippen LogP contribution < -0.4 is 14.8 Å². The van der Waals surface area contributed by atoms with Gasteiger partial charge in [0.2, 0.25) is 0 Å². The Kier molecular flexibility index (Phi) is 7.74. The molecular weight excluding hydrogens is 346 g/mol. The lowest BCUT2D eigenvalue weighted by molar-refractivity contribution is 0.302. The van der Waals surface area contributed by atoms with Crippen LogP contribution in [0.25, 0.3) is 10.8 Å². The molecule has 0 aliphatic rings. The molecule has 0 atom stereocenters. The summed E-state index contributed by atoms with van der Waals surface area (Å²) in [6.07, 6.45) is 4.86. The molecule has 3 nitrogen and oxygen atoms in total. The van der Waals surface area contributed by atoms with Crippen molar-refractivity contribution < 1.29 is 9.47 Å². The van der Waals surface area contributed by atoms with Crippen LogP contribution in [0.4, 0.5) is 0 Å². The molecule has 0 aromatic heterocycles. The Morgan fingerprint density at radius 2 is 1.64 bits per heavy atom. The van der Waals surface area contributed by atoms with Crippen LogP contribution >= 0.6 is 0 Å². The maximum atomic E-state index is 6.17. The lowest BCUT2D eigenvalue weighted by Gasteiger charge is -2.15. The largest absolute Gasteiger partial charge is 0.497 e. The number of nitrogens with one attached hydrogen (secondary N) is 1. The highest BCUT2D eigenvalue weighted by Gasteiger charge is 2.09. The van der Waals surface area contributed by atoms with Crippen LogP contribution in [-0.2, 0) is 13.1 Å². The van der Waals surface area contributed by atoms with Crippen molar-refractivity contribution in [3.63, 3.8) is 0 Å². The van der Waals surface area contributed by atoms with Gasteiger partial charge in [-0.1, -0.05) is 68.7 Å². The van der Waals surface area contributed by atoms with Crippen molar-refractivity contribution in [1.29, 1.82) is 0 Å². The monoisotopic (exact) mass is 377 g/mol. The number of benzene rings is 3. The van der Waals surface area contributed by atoms with Crippen LogP contribution in [0, 0.1) is 0 Å². The van der Waals surface area contributed by atoms with Crippen molar-refractivity contribution in [1.82, 2.24) is 5.32 Å². The summed E-state index contributed by atoms with van der Waals surface area (Å²) in [6, 6.07) is 21.0. The predicted molar refractivity (Wildman–Crippen MR) is 117 cm³/mol. The van der Waals surface area contributed by atoms with Gasteiger partial charge in [-0.05, 0) is 41.0 Å². The van der Waals surface area contributed by atoms with E-state index in [-0.39, 0.29) is 0 Å². The predicted octanol–water partition coefficient (Wildman–Crippen LogP) is 6.10. The number of hydrogen-bond donors (Lipinski definition) is 1. The highest BCUT2D eigenvalue weighted by Crippen LogP contribution is 2.28. The molecule has 0 aliphatic heterocycles. The number of hydrogen-bond acceptors (Lipinski definition) is 3. The summed E-state index contributed by atoms with van der Waals surface area (Å²) in [7, 11) is 1.69. The smallest absolute Gasteiger partial charge is 0.124 e. The molecule has 3 aromatic rings. The van der Waals surface area contributed by atoms with Crippen LogP contribution in [0.2, 0.25) is 0 Å². The van der Waals surface area contributed by atoms with Crippen LogP contribution in [0.5, 0.6) is 11.5 Å². The fourth-order valence-electron chi connectivity index (χ4n) is 3.42. The van der Waals surface area contributed by atoms with E-state index >= 15 is 0 Å². The van der Waals surface area contributed by atoms with Gasteiger partial charge in [-0.2, -0.15) is 0 Å². The summed E-state index contributed by atoms with van der Waals surface area (Å²) in [5.74, 6) is 1.88. The van der Waals surface area contributed by atoms with Gasteiger partial charge in [-0.3, -0.25) is 0 Å². The third kappa shape index (κ3) is 5.49. The minimum absolute atomic E-state index is 0.775. The average Bonchev–Trinajstić information content (AvgIpc) is 2.75. The fourth-order valence-corrected chi connectivity index (χ4v) is 3.42. The third-order valence-electron chi connectivity index (χ3n) is 5.04. The molecule has 0 bridgehead atoms. The first kappa shape index (κ1) is 20.2. The molecule has 3 aromatic carbocycles. The maximum Gasteiger partial charge on any atom is 0.124 e. The minimum atomic E-state index is 0.775. The number of methoxy groups -OCH3 is 1. The van der Waals surface area contributed by atoms with Crippen molar-refractivity contribution in [3.8, 4) is 11.5 Å². The molecular formula is C25H31NO2. The van der Waals surface area contributed by atoms with E-state index in [0.29, 0.717) is 0 Å². The van der Waals surface area contributed by atoms with Crippen LogP contribution in [0.15, 0.2) is 60.7 Å². The second-order valence-corrected chi connectivity index (χ2v) is 7.12. The third-order valence-corrected chi connectivity index (χ3v) is 5.04. The molecule has 0 saturated carbocycles. The second kappa shape index (κ2) is 10.7. The lowest BCUT2D eigenvalue weighted by atomic mass is 10.0. The van der Waals surface area contributed by atoms with Gasteiger partial charge in [0.25, 0.3) is 0 Å². The Morgan fingerprint density at radius 3 is 2.43 bits per heavy atom. The van der Waals surface area contributed by atoms with Crippen molar-refractivity contribution >= 4 is 10.8 Å². The van der Waals surface area contributed by atoms with Crippen molar-refractivity contribution in [2.24, 2.45) is 0 Å². The minimum Gasteiger partial charge on any atom is -0.497 e. The maximum absolute atomic E-state index is 6.17. The molecule has 0 saturated heterocycles. The molecule has 3 rings (SSSR count). The van der Waals surface area contributed by atoms with E-state index in [1.807, 2.05) is 12.1 Å². The SMILES string of the molecule is CCCCCCOc1ccc2ccccc2c1CNCc1ccc(OC)cc1. The number of fused-ring (bicyclic) bond motifs is 1. The van der Waals surface area contributed by atoms with Gasteiger partial charge >= 0.3 is 0 Å². The summed E-state index contributed by atoms with van der Waals surface area (Å²) in [5, 5.41) is 6.09. The fraction of sp³-hybridized carbons (Fsp3) is 0.360. The van der Waals surface area contributed by atoms with E-state index < -0.39 is 0 Å². The summed E-state index contributed by atoms with van der Waals surface area (Å²) in [6.45, 7) is 4.60. The zero-order valence-corrected chi connectivity index (χ0v) is 17.0. The Bertz CT molecular complexity index is 858. The normalized spacial score (nSPS) is 10.9. The zero-order valence-electron chi connectivity index (χ0n) is 17.0. The molecule has 0 radical (unpaired) electrons. The summed E-state index contributed by atoms with van der Waals surface area (Å²) < 4.78 is 11.4. The highest BCUT2D eigenvalue weighted by atomic mass is 16.5. The van der Waals surface area contributed by atoms with Crippen molar-refractivity contribution in [3.05, 3.63) is 71.8 Å². The first-order valence-electron chi connectivity index (χ1n) is 10.3. The van der Waals surface area contributed by atoms with Gasteiger partial charge in [-0.25, -0.2) is 0 Å². The van der Waals surface area contributed by atoms with Gasteiger partial charge in [0.05, 0.1) is 13.7 Å². The Balaban J connectivity index is 1.68. The Morgan fingerprint density at radius 1 is 0.821 bits per heavy atom. The van der Waals surface area contributed by atoms with Gasteiger partial charge in [0.1, 0.15) is 11.5 Å². The zero-order chi connectivity index (χ0) is 19.6. The van der Waals surface area contributed by atoms with Crippen molar-refractivity contribution in [2.45, 2.75) is 45.7 Å². The molecule has 148 valence electrons. The Hall–Kier alpha value is -2.52. The molecule has 0 unspecified atom stereocenters. The quantitative estimate of drug-likeness (QED) is 0.410. The summed E-state index contributed by atoms with van der Waals surface area (Å²) >= 11 is 0. The van der Waals surface area contributed by atoms with E-state index in [1.165, 1.54) is 41.2 Å². The number of ether oxygens (including phenoxy) is 2. The molecule has 0 fully saturated rings. The molecule has 3 heteroatoms. The molecule has 28 heavy (non-hydrogen) atoms. The molecule has 0 heterocycles.